The number of piperidine rings is 1. The molecular formula is C12H26N2O2S. The molecule has 1 aliphatic rings. The third kappa shape index (κ3) is 7.01. The van der Waals surface area contributed by atoms with Crippen molar-refractivity contribution in [1.82, 2.24) is 9.62 Å². The van der Waals surface area contributed by atoms with Crippen LogP contribution in [0.5, 0.6) is 0 Å². The first kappa shape index (κ1) is 14.9. The van der Waals surface area contributed by atoms with Gasteiger partial charge in [-0.1, -0.05) is 19.8 Å². The summed E-state index contributed by atoms with van der Waals surface area (Å²) < 4.78 is 25.7. The van der Waals surface area contributed by atoms with Gasteiger partial charge in [0.2, 0.25) is 10.0 Å². The van der Waals surface area contributed by atoms with Crippen molar-refractivity contribution < 1.29 is 8.42 Å². The van der Waals surface area contributed by atoms with Crippen molar-refractivity contribution in [3.8, 4) is 0 Å². The Hall–Kier alpha value is -0.130. The first-order valence-electron chi connectivity index (χ1n) is 6.84. The Labute approximate surface area is 106 Å². The highest BCUT2D eigenvalue weighted by atomic mass is 32.2. The second-order valence-corrected chi connectivity index (χ2v) is 6.75. The lowest BCUT2D eigenvalue weighted by Gasteiger charge is -2.26. The molecule has 1 rings (SSSR count). The van der Waals surface area contributed by atoms with E-state index in [1.54, 1.807) is 0 Å². The quantitative estimate of drug-likeness (QED) is 0.676. The highest BCUT2D eigenvalue weighted by molar-refractivity contribution is 7.89. The predicted molar refractivity (Wildman–Crippen MR) is 71.6 cm³/mol. The van der Waals surface area contributed by atoms with Gasteiger partial charge >= 0.3 is 0 Å². The van der Waals surface area contributed by atoms with Gasteiger partial charge in [0, 0.05) is 6.54 Å². The smallest absolute Gasteiger partial charge is 0.211 e. The molecule has 102 valence electrons. The normalized spacial score (nSPS) is 18.4. The molecule has 0 saturated carbocycles. The van der Waals surface area contributed by atoms with Gasteiger partial charge in [-0.2, -0.15) is 0 Å². The van der Waals surface area contributed by atoms with Crippen LogP contribution >= 0.6 is 0 Å². The molecule has 5 heteroatoms. The molecule has 1 aliphatic heterocycles. The molecule has 4 nitrogen and oxygen atoms in total. The lowest BCUT2D eigenvalue weighted by molar-refractivity contribution is 0.227. The van der Waals surface area contributed by atoms with E-state index in [9.17, 15) is 8.42 Å². The molecule has 0 atom stereocenters. The van der Waals surface area contributed by atoms with Gasteiger partial charge in [-0.25, -0.2) is 13.1 Å². The molecule has 17 heavy (non-hydrogen) atoms. The molecule has 1 saturated heterocycles. The van der Waals surface area contributed by atoms with Gasteiger partial charge in [0.15, 0.2) is 0 Å². The van der Waals surface area contributed by atoms with Crippen LogP contribution in [0, 0.1) is 0 Å². The summed E-state index contributed by atoms with van der Waals surface area (Å²) in [4.78, 5) is 2.43. The summed E-state index contributed by atoms with van der Waals surface area (Å²) in [5.74, 6) is 0.271. The molecule has 0 aliphatic carbocycles. The van der Waals surface area contributed by atoms with Crippen molar-refractivity contribution in [1.29, 1.82) is 0 Å². The minimum Gasteiger partial charge on any atom is -0.303 e. The first-order chi connectivity index (χ1) is 8.14. The zero-order valence-electron chi connectivity index (χ0n) is 11.0. The number of unbranched alkanes of at least 4 members (excludes halogenated alkanes) is 1. The SMILES string of the molecule is CCCCS(=O)(=O)NCCCN1CCCCC1. The van der Waals surface area contributed by atoms with Crippen LogP contribution in [0.15, 0.2) is 0 Å². The zero-order chi connectivity index (χ0) is 12.6. The van der Waals surface area contributed by atoms with E-state index in [1.807, 2.05) is 6.92 Å². The van der Waals surface area contributed by atoms with Crippen molar-refractivity contribution in [2.45, 2.75) is 45.4 Å². The van der Waals surface area contributed by atoms with Crippen LogP contribution in [-0.2, 0) is 10.0 Å². The van der Waals surface area contributed by atoms with Crippen LogP contribution in [0.25, 0.3) is 0 Å². The van der Waals surface area contributed by atoms with Crippen LogP contribution in [0.1, 0.15) is 45.4 Å². The van der Waals surface area contributed by atoms with E-state index >= 15 is 0 Å². The molecule has 0 amide bonds. The fraction of sp³-hybridized carbons (Fsp3) is 1.00. The fourth-order valence-corrected chi connectivity index (χ4v) is 3.39. The van der Waals surface area contributed by atoms with Gasteiger partial charge in [0.1, 0.15) is 0 Å². The Morgan fingerprint density at radius 2 is 1.82 bits per heavy atom. The summed E-state index contributed by atoms with van der Waals surface area (Å²) in [6.07, 6.45) is 6.53. The van der Waals surface area contributed by atoms with Crippen LogP contribution in [-0.4, -0.2) is 45.2 Å². The lowest BCUT2D eigenvalue weighted by atomic mass is 10.1. The minimum atomic E-state index is -3.02. The van der Waals surface area contributed by atoms with E-state index in [2.05, 4.69) is 9.62 Å². The lowest BCUT2D eigenvalue weighted by Crippen LogP contribution is -2.34. The number of nitrogens with one attached hydrogen (secondary N) is 1. The average molecular weight is 262 g/mol. The van der Waals surface area contributed by atoms with Gasteiger partial charge in [0.25, 0.3) is 0 Å². The number of hydrogen-bond acceptors (Lipinski definition) is 3. The number of likely N-dealkylation sites (tertiary alicyclic amines) is 1. The molecule has 0 aromatic carbocycles. The number of nitrogens with zero attached hydrogens (tertiary/aromatic N) is 1. The summed E-state index contributed by atoms with van der Waals surface area (Å²) in [5, 5.41) is 0. The Morgan fingerprint density at radius 1 is 1.12 bits per heavy atom. The van der Waals surface area contributed by atoms with Crippen molar-refractivity contribution in [2.24, 2.45) is 0 Å². The van der Waals surface area contributed by atoms with Gasteiger partial charge in [0.05, 0.1) is 5.75 Å². The first-order valence-corrected chi connectivity index (χ1v) is 8.49. The molecule has 0 unspecified atom stereocenters. The number of sulfonamides is 1. The highest BCUT2D eigenvalue weighted by Gasteiger charge is 2.11. The van der Waals surface area contributed by atoms with E-state index in [-0.39, 0.29) is 5.75 Å². The van der Waals surface area contributed by atoms with E-state index in [4.69, 9.17) is 0 Å². The molecule has 1 N–H and O–H groups in total. The second-order valence-electron chi connectivity index (χ2n) is 4.82. The fourth-order valence-electron chi connectivity index (χ4n) is 2.12. The average Bonchev–Trinajstić information content (AvgIpc) is 2.34. The number of hydrogen-bond donors (Lipinski definition) is 1. The topological polar surface area (TPSA) is 49.4 Å². The van der Waals surface area contributed by atoms with Crippen LogP contribution < -0.4 is 4.72 Å². The van der Waals surface area contributed by atoms with Gasteiger partial charge in [-0.3, -0.25) is 0 Å². The monoisotopic (exact) mass is 262 g/mol. The van der Waals surface area contributed by atoms with Gasteiger partial charge in [-0.05, 0) is 45.3 Å². The minimum absolute atomic E-state index is 0.271. The summed E-state index contributed by atoms with van der Waals surface area (Å²) in [5.41, 5.74) is 0. The van der Waals surface area contributed by atoms with E-state index in [0.717, 1.165) is 25.8 Å². The summed E-state index contributed by atoms with van der Waals surface area (Å²) in [7, 11) is -3.02. The molecule has 0 aromatic heterocycles. The Kier molecular flexibility index (Phi) is 7.08. The van der Waals surface area contributed by atoms with E-state index in [0.29, 0.717) is 6.54 Å². The molecule has 0 aromatic rings. The Balaban J connectivity index is 2.06. The van der Waals surface area contributed by atoms with Crippen LogP contribution in [0.4, 0.5) is 0 Å². The zero-order valence-corrected chi connectivity index (χ0v) is 11.8. The van der Waals surface area contributed by atoms with Crippen molar-refractivity contribution in [3.05, 3.63) is 0 Å². The van der Waals surface area contributed by atoms with Crippen LogP contribution in [0.2, 0.25) is 0 Å². The maximum absolute atomic E-state index is 11.5. The van der Waals surface area contributed by atoms with Crippen molar-refractivity contribution >= 4 is 10.0 Å². The van der Waals surface area contributed by atoms with Crippen molar-refractivity contribution in [2.75, 3.05) is 31.9 Å². The Morgan fingerprint density at radius 3 is 2.47 bits per heavy atom. The largest absolute Gasteiger partial charge is 0.303 e. The maximum Gasteiger partial charge on any atom is 0.211 e. The van der Waals surface area contributed by atoms with E-state index < -0.39 is 10.0 Å². The van der Waals surface area contributed by atoms with E-state index in [1.165, 1.54) is 32.4 Å². The molecule has 1 heterocycles. The highest BCUT2D eigenvalue weighted by Crippen LogP contribution is 2.08. The third-order valence-electron chi connectivity index (χ3n) is 3.19. The standard InChI is InChI=1S/C12H26N2O2S/c1-2-3-12-17(15,16)13-8-7-11-14-9-5-4-6-10-14/h13H,2-12H2,1H3. The van der Waals surface area contributed by atoms with Crippen LogP contribution in [0.3, 0.4) is 0 Å². The van der Waals surface area contributed by atoms with Gasteiger partial charge in [-0.15, -0.1) is 0 Å². The molecule has 0 bridgehead atoms. The molecule has 1 fully saturated rings. The predicted octanol–water partition coefficient (Wildman–Crippen LogP) is 1.58. The summed E-state index contributed by atoms with van der Waals surface area (Å²) in [6.45, 7) is 5.98. The summed E-state index contributed by atoms with van der Waals surface area (Å²) >= 11 is 0. The summed E-state index contributed by atoms with van der Waals surface area (Å²) in [6, 6.07) is 0. The van der Waals surface area contributed by atoms with Crippen molar-refractivity contribution in [3.63, 3.8) is 0 Å². The third-order valence-corrected chi connectivity index (χ3v) is 4.66. The number of rotatable bonds is 8. The molecular weight excluding hydrogens is 236 g/mol. The van der Waals surface area contributed by atoms with Gasteiger partial charge < -0.3 is 4.90 Å². The maximum atomic E-state index is 11.5. The molecule has 0 spiro atoms. The second kappa shape index (κ2) is 8.06. The Bertz CT molecular complexity index is 285. The molecule has 0 radical (unpaired) electrons.